The van der Waals surface area contributed by atoms with Crippen LogP contribution in [-0.4, -0.2) is 406 Å². The van der Waals surface area contributed by atoms with Crippen LogP contribution in [0.15, 0.2) is 9.98 Å². The van der Waals surface area contributed by atoms with Crippen molar-refractivity contribution in [1.82, 2.24) is 68.6 Å². The number of alkyl halides is 4. The van der Waals surface area contributed by atoms with Gasteiger partial charge in [0.15, 0.2) is 9.84 Å². The molecule has 10 saturated heterocycles. The average molecular weight is 1290 g/mol. The van der Waals surface area contributed by atoms with Crippen LogP contribution in [-0.2, 0) is 33.6 Å². The number of hydrogen-bond acceptors (Lipinski definition) is 20. The van der Waals surface area contributed by atoms with Gasteiger partial charge in [0, 0.05) is 135 Å². The zero-order chi connectivity index (χ0) is 66.6. The molecule has 514 valence electrons. The number of carbonyl (C=O) groups excluding carboxylic acids is 5. The van der Waals surface area contributed by atoms with E-state index in [-0.39, 0.29) is 30.6 Å². The molecule has 12 aliphatic heterocycles. The number of nitrogens with zero attached hydrogens (tertiary/aromatic N) is 16. The molecule has 7 amide bonds. The maximum atomic E-state index is 12.2. The maximum absolute atomic E-state index is 12.2. The number of ether oxygens (including phenoxy) is 3. The van der Waals surface area contributed by atoms with Crippen LogP contribution in [0, 0.1) is 0 Å². The number of morpholine rings is 1. The van der Waals surface area contributed by atoms with E-state index in [1.807, 2.05) is 58.4 Å². The zero-order valence-corrected chi connectivity index (χ0v) is 56.9. The molecule has 12 rings (SSSR count). The van der Waals surface area contributed by atoms with Gasteiger partial charge in [-0.1, -0.05) is 6.42 Å². The second kappa shape index (κ2) is 43.0. The normalized spacial score (nSPS) is 23.6. The van der Waals surface area contributed by atoms with E-state index < -0.39 is 34.8 Å². The minimum atomic E-state index is -3.85. The number of halogens is 4. The van der Waals surface area contributed by atoms with Gasteiger partial charge in [-0.25, -0.2) is 27.8 Å². The summed E-state index contributed by atoms with van der Waals surface area (Å²) < 4.78 is 84.8. The summed E-state index contributed by atoms with van der Waals surface area (Å²) >= 11 is 0. The molecular formula is C57H112F4N16O10S. The molecule has 0 saturated carbocycles. The van der Waals surface area contributed by atoms with Crippen LogP contribution in [0.1, 0.15) is 44.9 Å². The molecule has 10 fully saturated rings. The Morgan fingerprint density at radius 2 is 0.943 bits per heavy atom. The van der Waals surface area contributed by atoms with Gasteiger partial charge in [0.05, 0.1) is 70.9 Å². The lowest BCUT2D eigenvalue weighted by molar-refractivity contribution is -0.172. The molecule has 88 heavy (non-hydrogen) atoms. The fourth-order valence-electron chi connectivity index (χ4n) is 8.43. The number of amides is 7. The predicted molar refractivity (Wildman–Crippen MR) is 338 cm³/mol. The number of methoxy groups -OCH3 is 1. The summed E-state index contributed by atoms with van der Waals surface area (Å²) in [6.07, 6.45) is 10.6. The van der Waals surface area contributed by atoms with Gasteiger partial charge in [-0.15, -0.1) is 0 Å². The third-order valence-corrected chi connectivity index (χ3v) is 16.6. The Morgan fingerprint density at radius 3 is 1.11 bits per heavy atom. The summed E-state index contributed by atoms with van der Waals surface area (Å²) in [7, 11) is 25.0. The van der Waals surface area contributed by atoms with Crippen molar-refractivity contribution in [1.29, 1.82) is 0 Å². The number of amidine groups is 1. The Kier molecular flexibility index (Phi) is 39.6. The minimum Gasteiger partial charge on any atom is -0.468 e. The molecule has 31 heteroatoms. The molecule has 0 atom stereocenters. The molecule has 0 radical (unpaired) electrons. The first kappa shape index (κ1) is 81.1. The SMILES string of the molecule is CN1C=NCC1.CN1CC(=O)N(C)C1=O.CN1CC(F)(F)C(F)(F)C1.CN1CC1.CN1CCCC1.CN1CCCC1=O.CN1CCCCC1.CN1CCN(C)C1=O.CN1CCOC1=O.CN1CCOCC1.CN1CCS(=O)(=O)CC1.COC1=NCCN1C. The quantitative estimate of drug-likeness (QED) is 0.192. The summed E-state index contributed by atoms with van der Waals surface area (Å²) in [5.41, 5.74) is 0. The highest BCUT2D eigenvalue weighted by atomic mass is 32.2. The lowest BCUT2D eigenvalue weighted by Gasteiger charge is -2.21. The van der Waals surface area contributed by atoms with Crippen molar-refractivity contribution in [3.63, 3.8) is 0 Å². The highest BCUT2D eigenvalue weighted by Crippen LogP contribution is 2.40. The largest absolute Gasteiger partial charge is 0.468 e. The highest BCUT2D eigenvalue weighted by Gasteiger charge is 2.61. The Morgan fingerprint density at radius 1 is 0.466 bits per heavy atom. The molecule has 12 aliphatic rings. The van der Waals surface area contributed by atoms with E-state index in [1.54, 1.807) is 40.8 Å². The predicted octanol–water partition coefficient (Wildman–Crippen LogP) is 1.94. The summed E-state index contributed by atoms with van der Waals surface area (Å²) in [6.45, 7) is 19.8. The Balaban J connectivity index is 0.000000482. The van der Waals surface area contributed by atoms with Gasteiger partial charge in [-0.2, -0.15) is 17.6 Å². The van der Waals surface area contributed by atoms with E-state index in [1.165, 1.54) is 90.4 Å². The highest BCUT2D eigenvalue weighted by molar-refractivity contribution is 7.91. The molecular weight excluding hydrogens is 1180 g/mol. The first-order valence-electron chi connectivity index (χ1n) is 30.5. The van der Waals surface area contributed by atoms with Crippen molar-refractivity contribution in [3.05, 3.63) is 0 Å². The molecule has 0 aromatic rings. The van der Waals surface area contributed by atoms with Gasteiger partial charge in [0.25, 0.3) is 6.02 Å². The van der Waals surface area contributed by atoms with Gasteiger partial charge >= 0.3 is 30.0 Å². The minimum absolute atomic E-state index is 0.130. The summed E-state index contributed by atoms with van der Waals surface area (Å²) in [5, 5.41) is 0. The first-order valence-corrected chi connectivity index (χ1v) is 32.3. The first-order chi connectivity index (χ1) is 41.2. The molecule has 0 bridgehead atoms. The number of rotatable bonds is 0. The smallest absolute Gasteiger partial charge is 0.409 e. The number of likely N-dealkylation sites (N-methyl/N-ethyl adjacent to an activating group) is 9. The third kappa shape index (κ3) is 36.1. The van der Waals surface area contributed by atoms with Gasteiger partial charge in [-0.3, -0.25) is 24.4 Å². The van der Waals surface area contributed by atoms with Crippen LogP contribution in [0.5, 0.6) is 0 Å². The molecule has 0 aliphatic carbocycles. The molecule has 12 heterocycles. The van der Waals surface area contributed by atoms with Crippen molar-refractivity contribution in [2.24, 2.45) is 9.98 Å². The van der Waals surface area contributed by atoms with Crippen LogP contribution in [0.25, 0.3) is 0 Å². The fraction of sp³-hybridized carbons (Fsp3) is 0.877. The van der Waals surface area contributed by atoms with Crippen LogP contribution >= 0.6 is 0 Å². The van der Waals surface area contributed by atoms with E-state index in [9.17, 15) is 50.0 Å². The lowest BCUT2D eigenvalue weighted by Crippen LogP contribution is -2.38. The van der Waals surface area contributed by atoms with Gasteiger partial charge < -0.3 is 73.0 Å². The van der Waals surface area contributed by atoms with Crippen LogP contribution in [0.3, 0.4) is 0 Å². The zero-order valence-electron chi connectivity index (χ0n) is 56.1. The van der Waals surface area contributed by atoms with Crippen LogP contribution in [0.2, 0.25) is 0 Å². The van der Waals surface area contributed by atoms with Gasteiger partial charge in [0.2, 0.25) is 11.8 Å². The molecule has 0 aromatic carbocycles. The van der Waals surface area contributed by atoms with Crippen molar-refractivity contribution in [3.8, 4) is 0 Å². The number of urea groups is 2. The van der Waals surface area contributed by atoms with E-state index >= 15 is 0 Å². The van der Waals surface area contributed by atoms with Crippen molar-refractivity contribution in [2.75, 3.05) is 275 Å². The standard InChI is InChI=1S/C6H13N.C5H7F4N.C5H8N2O2.2C5H10N2O.C5H11NO2S.C5H11NO.C5H9NO.C5H11N.C4H8N2.C4H7NO2.C3H7N/c1-7-5-3-2-4-6-7;1-10-2-4(6,7)5(8,9)3-10;1-6-3-4(8)7(2)5(6)9;1-7-4-3-6-5(7)8-2;1-6-3-4-7(2)5(6)8;1-6-2-4-9(7,8)5-3-6;1-6-2-4-7-5-3-6;1-6-4-2-3-5(6)7;1-6-4-2-3-5-6;1-6-3-2-5-4-6;1-5-2-3-7-4(5)6;1-4-2-3-4/h2-6H2,1H3;2-3H2,1H3;3H2,1-2H3;2*3-4H2,1-2H3;2-5H2,1H3;2-5H2,1H3;2-4H2,1H3;2-5H2,1H3;4H,2-3H2,1H3;2-3H2,1H3;2-3H2,1H3. The fourth-order valence-corrected chi connectivity index (χ4v) is 9.81. The molecule has 0 aromatic heterocycles. The molecule has 0 N–H and O–H groups in total. The summed E-state index contributed by atoms with van der Waals surface area (Å²) in [5.74, 6) is -6.86. The third-order valence-electron chi connectivity index (χ3n) is 15.0. The Bertz CT molecular complexity index is 2100. The summed E-state index contributed by atoms with van der Waals surface area (Å²) in [6, 6.07) is 0.662. The van der Waals surface area contributed by atoms with Crippen molar-refractivity contribution < 1.29 is 64.2 Å². The topological polar surface area (TPSA) is 217 Å². The molecule has 0 spiro atoms. The van der Waals surface area contributed by atoms with E-state index in [0.717, 1.165) is 107 Å². The van der Waals surface area contributed by atoms with Gasteiger partial charge in [-0.05, 0) is 101 Å². The monoisotopic (exact) mass is 1290 g/mol. The number of cyclic esters (lactones) is 1. The average Bonchev–Trinajstić information content (AvgIpc) is 1.84. The molecule has 0 unspecified atom stereocenters. The second-order valence-electron chi connectivity index (χ2n) is 23.6. The number of sulfone groups is 1. The Labute approximate surface area is 524 Å². The number of aliphatic imine (C=N–C) groups is 2. The Hall–Kier alpha value is -4.92. The lowest BCUT2D eigenvalue weighted by atomic mass is 10.1. The maximum Gasteiger partial charge on any atom is 0.409 e. The number of carbonyl (C=O) groups is 5. The number of hydrogen-bond donors (Lipinski definition) is 0. The van der Waals surface area contributed by atoms with Crippen molar-refractivity contribution >= 4 is 52.2 Å². The second-order valence-corrected chi connectivity index (χ2v) is 25.9. The number of imide groups is 1. The van der Waals surface area contributed by atoms with E-state index in [0.29, 0.717) is 37.1 Å². The number of likely N-dealkylation sites (tertiary alicyclic amines) is 4. The number of piperidine rings is 1. The van der Waals surface area contributed by atoms with E-state index in [4.69, 9.17) is 9.47 Å². The molecule has 26 nitrogen and oxygen atoms in total. The van der Waals surface area contributed by atoms with Crippen molar-refractivity contribution in [2.45, 2.75) is 56.8 Å². The van der Waals surface area contributed by atoms with Crippen LogP contribution in [0.4, 0.5) is 31.9 Å². The van der Waals surface area contributed by atoms with Gasteiger partial charge in [0.1, 0.15) is 13.2 Å². The summed E-state index contributed by atoms with van der Waals surface area (Å²) in [4.78, 5) is 86.4. The van der Waals surface area contributed by atoms with E-state index in [2.05, 4.69) is 67.4 Å². The van der Waals surface area contributed by atoms with Crippen LogP contribution < -0.4 is 0 Å².